The van der Waals surface area contributed by atoms with Gasteiger partial charge in [0.1, 0.15) is 5.82 Å². The number of carbonyl (C=O) groups excluding carboxylic acids is 2. The number of hydrogen-bond donors (Lipinski definition) is 1. The van der Waals surface area contributed by atoms with Crippen LogP contribution in [0.3, 0.4) is 0 Å². The zero-order chi connectivity index (χ0) is 21.6. The molecule has 0 spiro atoms. The molecule has 1 aliphatic rings. The van der Waals surface area contributed by atoms with Gasteiger partial charge >= 0.3 is 0 Å². The van der Waals surface area contributed by atoms with E-state index in [1.54, 1.807) is 34.1 Å². The highest BCUT2D eigenvalue weighted by Gasteiger charge is 2.28. The van der Waals surface area contributed by atoms with E-state index in [0.717, 1.165) is 24.0 Å². The third kappa shape index (κ3) is 5.33. The maximum Gasteiger partial charge on any atom is 0.227 e. The summed E-state index contributed by atoms with van der Waals surface area (Å²) >= 11 is 0. The average molecular weight is 421 g/mol. The van der Waals surface area contributed by atoms with E-state index in [-0.39, 0.29) is 30.0 Å². The second-order valence-corrected chi connectivity index (χ2v) is 7.67. The zero-order valence-corrected chi connectivity index (χ0v) is 17.1. The summed E-state index contributed by atoms with van der Waals surface area (Å²) in [5, 5.41) is 7.15. The van der Waals surface area contributed by atoms with Gasteiger partial charge in [-0.15, -0.1) is 0 Å². The zero-order valence-electron chi connectivity index (χ0n) is 17.1. The van der Waals surface area contributed by atoms with Gasteiger partial charge in [-0.25, -0.2) is 14.1 Å². The highest BCUT2D eigenvalue weighted by atomic mass is 19.1. The number of likely N-dealkylation sites (tertiary alicyclic amines) is 1. The van der Waals surface area contributed by atoms with Crippen LogP contribution in [0.25, 0.3) is 5.82 Å². The molecule has 0 unspecified atom stereocenters. The van der Waals surface area contributed by atoms with E-state index in [2.05, 4.69) is 15.4 Å². The molecule has 0 radical (unpaired) electrons. The summed E-state index contributed by atoms with van der Waals surface area (Å²) in [6.07, 6.45) is 6.93. The molecule has 31 heavy (non-hydrogen) atoms. The fourth-order valence-corrected chi connectivity index (χ4v) is 3.74. The molecule has 1 aliphatic heterocycles. The molecule has 160 valence electrons. The quantitative estimate of drug-likeness (QED) is 0.663. The molecule has 1 atom stereocenters. The first-order chi connectivity index (χ1) is 15.1. The average Bonchev–Trinajstić information content (AvgIpc) is 3.34. The first-order valence-electron chi connectivity index (χ1n) is 10.3. The second kappa shape index (κ2) is 9.51. The van der Waals surface area contributed by atoms with E-state index < -0.39 is 0 Å². The molecule has 2 amide bonds. The van der Waals surface area contributed by atoms with Crippen molar-refractivity contribution in [2.45, 2.75) is 25.8 Å². The van der Waals surface area contributed by atoms with Gasteiger partial charge in [0.05, 0.1) is 12.3 Å². The fraction of sp³-hybridized carbons (Fsp3) is 0.304. The molecular formula is C23H24FN5O2. The first kappa shape index (κ1) is 20.7. The van der Waals surface area contributed by atoms with Crippen molar-refractivity contribution in [1.82, 2.24) is 25.0 Å². The summed E-state index contributed by atoms with van der Waals surface area (Å²) < 4.78 is 14.7. The highest BCUT2D eigenvalue weighted by molar-refractivity contribution is 5.82. The molecular weight excluding hydrogens is 397 g/mol. The minimum Gasteiger partial charge on any atom is -0.352 e. The van der Waals surface area contributed by atoms with Gasteiger partial charge in [-0.2, -0.15) is 5.10 Å². The Morgan fingerprint density at radius 3 is 2.74 bits per heavy atom. The number of nitrogens with one attached hydrogen (secondary N) is 1. The van der Waals surface area contributed by atoms with Crippen LogP contribution in [0.4, 0.5) is 4.39 Å². The van der Waals surface area contributed by atoms with E-state index in [0.29, 0.717) is 25.5 Å². The summed E-state index contributed by atoms with van der Waals surface area (Å²) in [5.41, 5.74) is 1.69. The number of pyridine rings is 1. The van der Waals surface area contributed by atoms with Gasteiger partial charge in [-0.3, -0.25) is 9.59 Å². The lowest BCUT2D eigenvalue weighted by molar-refractivity contribution is -0.135. The highest BCUT2D eigenvalue weighted by Crippen LogP contribution is 2.18. The van der Waals surface area contributed by atoms with Gasteiger partial charge in [-0.05, 0) is 54.3 Å². The van der Waals surface area contributed by atoms with Crippen LogP contribution in [-0.2, 0) is 22.6 Å². The maximum absolute atomic E-state index is 13.1. The molecule has 1 aromatic carbocycles. The van der Waals surface area contributed by atoms with Gasteiger partial charge < -0.3 is 10.2 Å². The number of hydrogen-bond acceptors (Lipinski definition) is 4. The minimum atomic E-state index is -0.322. The van der Waals surface area contributed by atoms with Crippen LogP contribution in [0.1, 0.15) is 24.0 Å². The smallest absolute Gasteiger partial charge is 0.227 e. The number of aromatic nitrogens is 3. The van der Waals surface area contributed by atoms with Crippen molar-refractivity contribution in [3.8, 4) is 5.82 Å². The molecule has 0 aliphatic carbocycles. The Morgan fingerprint density at radius 1 is 1.13 bits per heavy atom. The van der Waals surface area contributed by atoms with E-state index in [4.69, 9.17) is 0 Å². The number of carbonyl (C=O) groups is 2. The van der Waals surface area contributed by atoms with Crippen molar-refractivity contribution in [1.29, 1.82) is 0 Å². The SMILES string of the molecule is O=C(NCc1ccnc(-n2cccn2)c1)[C@H]1CCCN(C(=O)Cc2ccc(F)cc2)C1. The van der Waals surface area contributed by atoms with Gasteiger partial charge in [0.15, 0.2) is 5.82 Å². The number of nitrogens with zero attached hydrogens (tertiary/aromatic N) is 4. The van der Waals surface area contributed by atoms with Crippen LogP contribution < -0.4 is 5.32 Å². The van der Waals surface area contributed by atoms with E-state index >= 15 is 0 Å². The number of halogens is 1. The molecule has 1 N–H and O–H groups in total. The van der Waals surface area contributed by atoms with Crippen LogP contribution in [0, 0.1) is 11.7 Å². The van der Waals surface area contributed by atoms with E-state index in [1.807, 2.05) is 24.4 Å². The lowest BCUT2D eigenvalue weighted by Gasteiger charge is -2.32. The Morgan fingerprint density at radius 2 is 1.97 bits per heavy atom. The molecule has 0 saturated carbocycles. The molecule has 7 nitrogen and oxygen atoms in total. The van der Waals surface area contributed by atoms with Crippen molar-refractivity contribution >= 4 is 11.8 Å². The monoisotopic (exact) mass is 421 g/mol. The van der Waals surface area contributed by atoms with Crippen LogP contribution in [0.15, 0.2) is 61.1 Å². The number of rotatable bonds is 6. The van der Waals surface area contributed by atoms with E-state index in [1.165, 1.54) is 12.1 Å². The van der Waals surface area contributed by atoms with Crippen LogP contribution in [0.2, 0.25) is 0 Å². The van der Waals surface area contributed by atoms with Crippen molar-refractivity contribution < 1.29 is 14.0 Å². The minimum absolute atomic E-state index is 0.0397. The first-order valence-corrected chi connectivity index (χ1v) is 10.3. The van der Waals surface area contributed by atoms with Gasteiger partial charge in [0, 0.05) is 38.2 Å². The summed E-state index contributed by atoms with van der Waals surface area (Å²) in [6, 6.07) is 11.5. The number of piperidine rings is 1. The predicted octanol–water partition coefficient (Wildman–Crippen LogP) is 2.50. The molecule has 8 heteroatoms. The van der Waals surface area contributed by atoms with Gasteiger partial charge in [0.2, 0.25) is 11.8 Å². The predicted molar refractivity (Wildman–Crippen MR) is 113 cm³/mol. The standard InChI is InChI=1S/C23H24FN5O2/c24-20-6-4-17(5-7-20)14-22(30)28-11-1-3-19(16-28)23(31)26-15-18-8-10-25-21(13-18)29-12-2-9-27-29/h2,4-10,12-13,19H,1,3,11,14-16H2,(H,26,31)/t19-/m0/s1. The molecule has 1 fully saturated rings. The third-order valence-corrected chi connectivity index (χ3v) is 5.43. The van der Waals surface area contributed by atoms with Crippen molar-refractivity contribution in [2.24, 2.45) is 5.92 Å². The van der Waals surface area contributed by atoms with Crippen LogP contribution >= 0.6 is 0 Å². The normalized spacial score (nSPS) is 16.2. The summed E-state index contributed by atoms with van der Waals surface area (Å²) in [5.74, 6) is 0.0287. The lowest BCUT2D eigenvalue weighted by atomic mass is 9.96. The Balaban J connectivity index is 1.31. The molecule has 4 rings (SSSR count). The molecule has 2 aromatic heterocycles. The molecule has 0 bridgehead atoms. The lowest BCUT2D eigenvalue weighted by Crippen LogP contribution is -2.45. The summed E-state index contributed by atoms with van der Waals surface area (Å²) in [6.45, 7) is 1.43. The largest absolute Gasteiger partial charge is 0.352 e. The van der Waals surface area contributed by atoms with Gasteiger partial charge in [-0.1, -0.05) is 12.1 Å². The Bertz CT molecular complexity index is 1040. The molecule has 1 saturated heterocycles. The Hall–Kier alpha value is -3.55. The molecule has 3 aromatic rings. The van der Waals surface area contributed by atoms with E-state index in [9.17, 15) is 14.0 Å². The fourth-order valence-electron chi connectivity index (χ4n) is 3.74. The summed E-state index contributed by atoms with van der Waals surface area (Å²) in [7, 11) is 0. The van der Waals surface area contributed by atoms with Crippen LogP contribution in [0.5, 0.6) is 0 Å². The van der Waals surface area contributed by atoms with Gasteiger partial charge in [0.25, 0.3) is 0 Å². The Kier molecular flexibility index (Phi) is 6.35. The maximum atomic E-state index is 13.1. The summed E-state index contributed by atoms with van der Waals surface area (Å²) in [4.78, 5) is 31.4. The van der Waals surface area contributed by atoms with Crippen molar-refractivity contribution in [2.75, 3.05) is 13.1 Å². The topological polar surface area (TPSA) is 80.1 Å². The number of benzene rings is 1. The third-order valence-electron chi connectivity index (χ3n) is 5.43. The number of amides is 2. The van der Waals surface area contributed by atoms with Crippen molar-refractivity contribution in [3.63, 3.8) is 0 Å². The van der Waals surface area contributed by atoms with Crippen LogP contribution in [-0.4, -0.2) is 44.6 Å². The Labute approximate surface area is 179 Å². The second-order valence-electron chi connectivity index (χ2n) is 7.67. The molecule has 3 heterocycles. The van der Waals surface area contributed by atoms with Crippen molar-refractivity contribution in [3.05, 3.63) is 78.0 Å².